The van der Waals surface area contributed by atoms with Crippen LogP contribution in [0.3, 0.4) is 0 Å². The van der Waals surface area contributed by atoms with Gasteiger partial charge < -0.3 is 24.1 Å². The van der Waals surface area contributed by atoms with Crippen molar-refractivity contribution in [3.8, 4) is 0 Å². The van der Waals surface area contributed by atoms with E-state index in [0.717, 1.165) is 50.4 Å². The molecule has 6 nitrogen and oxygen atoms in total. The van der Waals surface area contributed by atoms with E-state index >= 15 is 0 Å². The summed E-state index contributed by atoms with van der Waals surface area (Å²) in [5.41, 5.74) is 0. The van der Waals surface area contributed by atoms with Crippen LogP contribution in [0, 0.1) is 6.92 Å². The molecule has 1 saturated carbocycles. The summed E-state index contributed by atoms with van der Waals surface area (Å²) in [7, 11) is 1.63. The van der Waals surface area contributed by atoms with E-state index in [9.17, 15) is 4.79 Å². The molecule has 1 N–H and O–H groups in total. The van der Waals surface area contributed by atoms with E-state index < -0.39 is 0 Å². The number of rotatable bonds is 4. The molecule has 128 valence electrons. The van der Waals surface area contributed by atoms with Gasteiger partial charge in [-0.15, -0.1) is 0 Å². The van der Waals surface area contributed by atoms with E-state index in [1.807, 2.05) is 24.0 Å². The number of aryl methyl sites for hydroxylation is 1. The normalized spacial score (nSPS) is 25.7. The van der Waals surface area contributed by atoms with Gasteiger partial charge in [-0.25, -0.2) is 4.79 Å². The number of carbonyl (C=O) groups is 1. The first kappa shape index (κ1) is 16.3. The minimum Gasteiger partial charge on any atom is -0.464 e. The molecule has 1 aromatic heterocycles. The summed E-state index contributed by atoms with van der Waals surface area (Å²) in [6, 6.07) is 3.66. The van der Waals surface area contributed by atoms with Crippen molar-refractivity contribution >= 4 is 6.03 Å². The van der Waals surface area contributed by atoms with Gasteiger partial charge in [0, 0.05) is 20.3 Å². The molecule has 23 heavy (non-hydrogen) atoms. The molecule has 6 heteroatoms. The van der Waals surface area contributed by atoms with Gasteiger partial charge in [-0.3, -0.25) is 0 Å². The summed E-state index contributed by atoms with van der Waals surface area (Å²) < 4.78 is 16.8. The van der Waals surface area contributed by atoms with Crippen LogP contribution in [-0.2, 0) is 9.47 Å². The summed E-state index contributed by atoms with van der Waals surface area (Å²) in [4.78, 5) is 14.8. The molecule has 0 aromatic carbocycles. The molecular weight excluding hydrogens is 296 g/mol. The van der Waals surface area contributed by atoms with Crippen molar-refractivity contribution in [1.82, 2.24) is 10.2 Å². The van der Waals surface area contributed by atoms with E-state index in [0.29, 0.717) is 6.61 Å². The fourth-order valence-corrected chi connectivity index (χ4v) is 3.58. The lowest BCUT2D eigenvalue weighted by Gasteiger charge is -2.31. The lowest BCUT2D eigenvalue weighted by atomic mass is 10.2. The lowest BCUT2D eigenvalue weighted by molar-refractivity contribution is 0.0394. The van der Waals surface area contributed by atoms with Crippen molar-refractivity contribution < 1.29 is 18.7 Å². The van der Waals surface area contributed by atoms with Crippen molar-refractivity contribution in [2.24, 2.45) is 0 Å². The molecule has 3 atom stereocenters. The maximum absolute atomic E-state index is 12.8. The third-order valence-corrected chi connectivity index (χ3v) is 4.69. The van der Waals surface area contributed by atoms with Crippen LogP contribution in [0.1, 0.15) is 43.2 Å². The molecule has 3 rings (SSSR count). The predicted octanol–water partition coefficient (Wildman–Crippen LogP) is 2.63. The average molecular weight is 322 g/mol. The highest BCUT2D eigenvalue weighted by molar-refractivity contribution is 5.75. The second-order valence-electron chi connectivity index (χ2n) is 6.36. The molecule has 2 aliphatic rings. The van der Waals surface area contributed by atoms with Crippen LogP contribution in [0.4, 0.5) is 4.79 Å². The molecule has 2 fully saturated rings. The Balaban J connectivity index is 1.70. The zero-order chi connectivity index (χ0) is 16.2. The largest absolute Gasteiger partial charge is 0.464 e. The third-order valence-electron chi connectivity index (χ3n) is 4.69. The average Bonchev–Trinajstić information content (AvgIpc) is 3.12. The van der Waals surface area contributed by atoms with Crippen molar-refractivity contribution in [1.29, 1.82) is 0 Å². The van der Waals surface area contributed by atoms with Crippen LogP contribution in [0.15, 0.2) is 16.5 Å². The zero-order valence-electron chi connectivity index (χ0n) is 13.9. The highest BCUT2D eigenvalue weighted by Gasteiger charge is 2.37. The van der Waals surface area contributed by atoms with Crippen molar-refractivity contribution in [3.05, 3.63) is 23.7 Å². The molecule has 2 amide bonds. The summed E-state index contributed by atoms with van der Waals surface area (Å²) in [6.07, 6.45) is 4.27. The summed E-state index contributed by atoms with van der Waals surface area (Å²) >= 11 is 0. The topological polar surface area (TPSA) is 63.9 Å². The highest BCUT2D eigenvalue weighted by Crippen LogP contribution is 2.29. The predicted molar refractivity (Wildman–Crippen MR) is 85.3 cm³/mol. The number of ether oxygens (including phenoxy) is 2. The minimum absolute atomic E-state index is 0.0523. The quantitative estimate of drug-likeness (QED) is 0.925. The van der Waals surface area contributed by atoms with Gasteiger partial charge in [-0.05, 0) is 44.7 Å². The SMILES string of the molecule is COC[C@H](NC(=O)N1CCCO[C@H]2CCC[C@@H]21)c1ccc(C)o1. The summed E-state index contributed by atoms with van der Waals surface area (Å²) in [6.45, 7) is 3.76. The van der Waals surface area contributed by atoms with Crippen LogP contribution in [0.2, 0.25) is 0 Å². The van der Waals surface area contributed by atoms with E-state index in [-0.39, 0.29) is 24.2 Å². The molecular formula is C17H26N2O4. The van der Waals surface area contributed by atoms with Crippen LogP contribution >= 0.6 is 0 Å². The number of hydrogen-bond donors (Lipinski definition) is 1. The second-order valence-corrected chi connectivity index (χ2v) is 6.36. The van der Waals surface area contributed by atoms with Crippen molar-refractivity contribution in [2.75, 3.05) is 26.9 Å². The standard InChI is InChI=1S/C17H26N2O4/c1-12-7-8-15(23-12)13(11-21-2)18-17(20)19-9-4-10-22-16-6-3-5-14(16)19/h7-8,13-14,16H,3-6,9-11H2,1-2H3,(H,18,20)/t13-,14-,16-/m0/s1. The Kier molecular flexibility index (Phi) is 5.23. The van der Waals surface area contributed by atoms with Gasteiger partial charge in [0.15, 0.2) is 0 Å². The third kappa shape index (κ3) is 3.70. The molecule has 2 heterocycles. The lowest BCUT2D eigenvalue weighted by Crippen LogP contribution is -2.49. The first-order valence-electron chi connectivity index (χ1n) is 8.43. The van der Waals surface area contributed by atoms with Crippen LogP contribution in [0.25, 0.3) is 0 Å². The fraction of sp³-hybridized carbons (Fsp3) is 0.706. The van der Waals surface area contributed by atoms with Gasteiger partial charge in [0.25, 0.3) is 0 Å². The number of hydrogen-bond acceptors (Lipinski definition) is 4. The number of nitrogens with one attached hydrogen (secondary N) is 1. The van der Waals surface area contributed by atoms with Crippen molar-refractivity contribution in [2.45, 2.75) is 50.8 Å². The van der Waals surface area contributed by atoms with Gasteiger partial charge in [-0.2, -0.15) is 0 Å². The fourth-order valence-electron chi connectivity index (χ4n) is 3.58. The van der Waals surface area contributed by atoms with Gasteiger partial charge in [0.1, 0.15) is 17.6 Å². The Labute approximate surface area is 137 Å². The van der Waals surface area contributed by atoms with Gasteiger partial charge in [0.05, 0.1) is 18.8 Å². The second kappa shape index (κ2) is 7.36. The Bertz CT molecular complexity index is 530. The molecule has 1 saturated heterocycles. The van der Waals surface area contributed by atoms with Gasteiger partial charge in [-0.1, -0.05) is 0 Å². The van der Waals surface area contributed by atoms with E-state index in [2.05, 4.69) is 5.32 Å². The van der Waals surface area contributed by atoms with Crippen LogP contribution < -0.4 is 5.32 Å². The van der Waals surface area contributed by atoms with Crippen molar-refractivity contribution in [3.63, 3.8) is 0 Å². The maximum Gasteiger partial charge on any atom is 0.318 e. The zero-order valence-corrected chi connectivity index (χ0v) is 13.9. The smallest absolute Gasteiger partial charge is 0.318 e. The molecule has 1 aliphatic carbocycles. The van der Waals surface area contributed by atoms with E-state index in [1.54, 1.807) is 7.11 Å². The Morgan fingerprint density at radius 1 is 1.43 bits per heavy atom. The highest BCUT2D eigenvalue weighted by atomic mass is 16.5. The number of nitrogens with zero attached hydrogens (tertiary/aromatic N) is 1. The molecule has 0 bridgehead atoms. The Morgan fingerprint density at radius 2 is 2.30 bits per heavy atom. The van der Waals surface area contributed by atoms with Crippen LogP contribution in [-0.4, -0.2) is 49.9 Å². The van der Waals surface area contributed by atoms with Gasteiger partial charge >= 0.3 is 6.03 Å². The minimum atomic E-state index is -0.273. The summed E-state index contributed by atoms with van der Waals surface area (Å²) in [5, 5.41) is 3.07. The number of methoxy groups -OCH3 is 1. The molecule has 1 aromatic rings. The molecule has 0 unspecified atom stereocenters. The first-order chi connectivity index (χ1) is 11.2. The number of urea groups is 1. The maximum atomic E-state index is 12.8. The number of fused-ring (bicyclic) bond motifs is 1. The summed E-state index contributed by atoms with van der Waals surface area (Å²) in [5.74, 6) is 1.56. The molecule has 0 spiro atoms. The molecule has 0 radical (unpaired) electrons. The Hall–Kier alpha value is -1.53. The number of furan rings is 1. The van der Waals surface area contributed by atoms with E-state index in [4.69, 9.17) is 13.9 Å². The number of amides is 2. The van der Waals surface area contributed by atoms with E-state index in [1.165, 1.54) is 0 Å². The Morgan fingerprint density at radius 3 is 3.04 bits per heavy atom. The first-order valence-corrected chi connectivity index (χ1v) is 8.43. The molecule has 1 aliphatic heterocycles. The van der Waals surface area contributed by atoms with Crippen LogP contribution in [0.5, 0.6) is 0 Å². The monoisotopic (exact) mass is 322 g/mol. The number of carbonyl (C=O) groups excluding carboxylic acids is 1. The van der Waals surface area contributed by atoms with Gasteiger partial charge in [0.2, 0.25) is 0 Å².